The van der Waals surface area contributed by atoms with E-state index in [0.717, 1.165) is 4.74 Å². The molecule has 16 heavy (non-hydrogen) atoms. The van der Waals surface area contributed by atoms with Crippen molar-refractivity contribution in [2.75, 3.05) is 20.4 Å². The Hall–Kier alpha value is -1.33. The quantitative estimate of drug-likeness (QED) is 0.441. The molecule has 88 valence electrons. The molecule has 0 aliphatic carbocycles. The summed E-state index contributed by atoms with van der Waals surface area (Å²) in [6, 6.07) is 3.52. The molecule has 0 amide bonds. The first kappa shape index (κ1) is 11.2. The van der Waals surface area contributed by atoms with E-state index in [2.05, 4.69) is 0 Å². The first-order chi connectivity index (χ1) is 7.67. The molecule has 1 aliphatic rings. The minimum atomic E-state index is -0.629. The van der Waals surface area contributed by atoms with Crippen LogP contribution in [0, 0.1) is 5.21 Å². The highest BCUT2D eigenvalue weighted by atomic mass is 16.7. The predicted octanol–water partition coefficient (Wildman–Crippen LogP) is 1.36. The first-order valence-electron chi connectivity index (χ1n) is 5.16. The average Bonchev–Trinajstić information content (AvgIpc) is 2.85. The van der Waals surface area contributed by atoms with Gasteiger partial charge in [0.2, 0.25) is 0 Å². The SMILES string of the molecule is COCO[C@]1(C)CC[N+]([O-])=C1c1ccco1. The van der Waals surface area contributed by atoms with E-state index in [1.165, 1.54) is 0 Å². The molecule has 0 saturated heterocycles. The Kier molecular flexibility index (Phi) is 2.98. The van der Waals surface area contributed by atoms with E-state index in [4.69, 9.17) is 13.9 Å². The summed E-state index contributed by atoms with van der Waals surface area (Å²) in [6.45, 7) is 2.45. The van der Waals surface area contributed by atoms with E-state index >= 15 is 0 Å². The second-order valence-corrected chi connectivity index (χ2v) is 3.96. The summed E-state index contributed by atoms with van der Waals surface area (Å²) >= 11 is 0. The molecule has 0 fully saturated rings. The molecule has 2 rings (SSSR count). The molecule has 5 nitrogen and oxygen atoms in total. The van der Waals surface area contributed by atoms with Gasteiger partial charge >= 0.3 is 0 Å². The average molecular weight is 225 g/mol. The van der Waals surface area contributed by atoms with Gasteiger partial charge in [0.1, 0.15) is 6.79 Å². The first-order valence-corrected chi connectivity index (χ1v) is 5.16. The van der Waals surface area contributed by atoms with Gasteiger partial charge in [0.05, 0.1) is 6.26 Å². The molecule has 0 saturated carbocycles. The maximum Gasteiger partial charge on any atom is 0.262 e. The molecule has 0 radical (unpaired) electrons. The van der Waals surface area contributed by atoms with Crippen LogP contribution in [0.25, 0.3) is 0 Å². The fraction of sp³-hybridized carbons (Fsp3) is 0.545. The number of methoxy groups -OCH3 is 1. The zero-order valence-electron chi connectivity index (χ0n) is 9.43. The summed E-state index contributed by atoms with van der Waals surface area (Å²) in [6.07, 6.45) is 2.18. The largest absolute Gasteiger partial charge is 0.623 e. The van der Waals surface area contributed by atoms with E-state index in [9.17, 15) is 5.21 Å². The van der Waals surface area contributed by atoms with Crippen LogP contribution in [0.4, 0.5) is 0 Å². The molecular formula is C11H15NO4. The van der Waals surface area contributed by atoms with Crippen LogP contribution in [0.15, 0.2) is 22.8 Å². The van der Waals surface area contributed by atoms with Crippen LogP contribution in [0.2, 0.25) is 0 Å². The lowest BCUT2D eigenvalue weighted by Gasteiger charge is -2.21. The summed E-state index contributed by atoms with van der Waals surface area (Å²) < 4.78 is 16.7. The molecule has 1 aliphatic heterocycles. The minimum Gasteiger partial charge on any atom is -0.623 e. The van der Waals surface area contributed by atoms with E-state index in [-0.39, 0.29) is 6.79 Å². The van der Waals surface area contributed by atoms with Gasteiger partial charge in [-0.2, -0.15) is 0 Å². The van der Waals surface area contributed by atoms with Crippen LogP contribution in [-0.4, -0.2) is 36.5 Å². The standard InChI is InChI=1S/C11H15NO4/c1-11(16-8-14-2)5-6-12(13)10(11)9-4-3-7-15-9/h3-4,7H,5-6,8H2,1-2H3/t11-/m1/s1. The Balaban J connectivity index is 2.28. The van der Waals surface area contributed by atoms with E-state index in [1.807, 2.05) is 6.92 Å². The molecule has 0 aromatic carbocycles. The summed E-state index contributed by atoms with van der Waals surface area (Å²) in [7, 11) is 1.56. The van der Waals surface area contributed by atoms with Crippen molar-refractivity contribution in [2.24, 2.45) is 0 Å². The fourth-order valence-corrected chi connectivity index (χ4v) is 1.94. The highest BCUT2D eigenvalue weighted by molar-refractivity contribution is 6.01. The van der Waals surface area contributed by atoms with Crippen LogP contribution < -0.4 is 0 Å². The Morgan fingerprint density at radius 3 is 3.06 bits per heavy atom. The van der Waals surface area contributed by atoms with Gasteiger partial charge in [-0.05, 0) is 19.1 Å². The molecule has 0 spiro atoms. The molecule has 1 aromatic heterocycles. The van der Waals surface area contributed by atoms with Gasteiger partial charge in [0.15, 0.2) is 17.9 Å². The maximum absolute atomic E-state index is 11.8. The van der Waals surface area contributed by atoms with Crippen molar-refractivity contribution in [2.45, 2.75) is 18.9 Å². The smallest absolute Gasteiger partial charge is 0.262 e. The normalized spacial score (nSPS) is 25.4. The summed E-state index contributed by atoms with van der Waals surface area (Å²) in [5.74, 6) is 0.561. The number of hydroxylamine groups is 1. The molecule has 2 heterocycles. The number of furan rings is 1. The van der Waals surface area contributed by atoms with Gasteiger partial charge in [-0.3, -0.25) is 0 Å². The Labute approximate surface area is 93.9 Å². The van der Waals surface area contributed by atoms with Crippen LogP contribution >= 0.6 is 0 Å². The zero-order chi connectivity index (χ0) is 11.6. The van der Waals surface area contributed by atoms with Crippen molar-refractivity contribution in [3.05, 3.63) is 29.4 Å². The molecule has 0 N–H and O–H groups in total. The second-order valence-electron chi connectivity index (χ2n) is 3.96. The monoisotopic (exact) mass is 225 g/mol. The molecule has 1 atom stereocenters. The topological polar surface area (TPSA) is 57.7 Å². The Morgan fingerprint density at radius 1 is 1.62 bits per heavy atom. The second kappa shape index (κ2) is 4.27. The van der Waals surface area contributed by atoms with Crippen LogP contribution in [0.1, 0.15) is 19.1 Å². The number of nitrogens with zero attached hydrogens (tertiary/aromatic N) is 1. The molecule has 0 unspecified atom stereocenters. The van der Waals surface area contributed by atoms with E-state index < -0.39 is 5.60 Å². The lowest BCUT2D eigenvalue weighted by atomic mass is 9.97. The van der Waals surface area contributed by atoms with Gasteiger partial charge < -0.3 is 19.1 Å². The Bertz CT molecular complexity index is 385. The highest BCUT2D eigenvalue weighted by Gasteiger charge is 2.46. The maximum atomic E-state index is 11.8. The van der Waals surface area contributed by atoms with Crippen LogP contribution in [0.5, 0.6) is 0 Å². The summed E-state index contributed by atoms with van der Waals surface area (Å²) in [4.78, 5) is 0. The Morgan fingerprint density at radius 2 is 2.44 bits per heavy atom. The molecule has 1 aromatic rings. The number of hydrogen-bond donors (Lipinski definition) is 0. The lowest BCUT2D eigenvalue weighted by molar-refractivity contribution is -0.448. The number of ether oxygens (including phenoxy) is 2. The third-order valence-electron chi connectivity index (χ3n) is 2.79. The third kappa shape index (κ3) is 1.83. The number of rotatable bonds is 4. The fourth-order valence-electron chi connectivity index (χ4n) is 1.94. The van der Waals surface area contributed by atoms with Crippen molar-refractivity contribution in [3.8, 4) is 0 Å². The van der Waals surface area contributed by atoms with Crippen molar-refractivity contribution in [1.82, 2.24) is 0 Å². The predicted molar refractivity (Wildman–Crippen MR) is 57.3 cm³/mol. The molecular weight excluding hydrogens is 210 g/mol. The van der Waals surface area contributed by atoms with Gasteiger partial charge in [0, 0.05) is 13.5 Å². The van der Waals surface area contributed by atoms with Crippen molar-refractivity contribution in [1.29, 1.82) is 0 Å². The highest BCUT2D eigenvalue weighted by Crippen LogP contribution is 2.27. The van der Waals surface area contributed by atoms with Crippen molar-refractivity contribution >= 4 is 5.71 Å². The third-order valence-corrected chi connectivity index (χ3v) is 2.79. The van der Waals surface area contributed by atoms with Gasteiger partial charge in [-0.15, -0.1) is 0 Å². The summed E-state index contributed by atoms with van der Waals surface area (Å²) in [5, 5.41) is 11.8. The van der Waals surface area contributed by atoms with E-state index in [1.54, 1.807) is 25.5 Å². The van der Waals surface area contributed by atoms with E-state index in [0.29, 0.717) is 24.4 Å². The zero-order valence-corrected chi connectivity index (χ0v) is 9.43. The minimum absolute atomic E-state index is 0.161. The molecule has 5 heteroatoms. The van der Waals surface area contributed by atoms with Gasteiger partial charge in [-0.25, -0.2) is 4.74 Å². The molecule has 0 bridgehead atoms. The summed E-state index contributed by atoms with van der Waals surface area (Å²) in [5.41, 5.74) is -0.0927. The van der Waals surface area contributed by atoms with Crippen molar-refractivity contribution in [3.63, 3.8) is 0 Å². The number of hydrogen-bond acceptors (Lipinski definition) is 4. The van der Waals surface area contributed by atoms with Gasteiger partial charge in [-0.1, -0.05) is 0 Å². The van der Waals surface area contributed by atoms with Gasteiger partial charge in [0.25, 0.3) is 5.71 Å². The van der Waals surface area contributed by atoms with Crippen molar-refractivity contribution < 1.29 is 18.6 Å². The van der Waals surface area contributed by atoms with Crippen LogP contribution in [0.3, 0.4) is 0 Å². The lowest BCUT2D eigenvalue weighted by Crippen LogP contribution is -2.37. The van der Waals surface area contributed by atoms with Crippen LogP contribution in [-0.2, 0) is 9.47 Å².